The lowest BCUT2D eigenvalue weighted by Crippen LogP contribution is -2.52. The normalized spacial score (nSPS) is 21.4. The van der Waals surface area contributed by atoms with Gasteiger partial charge in [-0.1, -0.05) is 6.92 Å². The largest absolute Gasteiger partial charge is 0.364 e. The SMILES string of the molecule is Cc1cc(C=O)cc2c1N(C(C)C)C(C)(C)C[C@@H]2C. The molecule has 0 fully saturated rings. The molecule has 0 aromatic heterocycles. The smallest absolute Gasteiger partial charge is 0.150 e. The van der Waals surface area contributed by atoms with Crippen LogP contribution in [-0.2, 0) is 0 Å². The van der Waals surface area contributed by atoms with Gasteiger partial charge in [0, 0.05) is 22.8 Å². The van der Waals surface area contributed by atoms with Crippen molar-refractivity contribution in [3.8, 4) is 0 Å². The van der Waals surface area contributed by atoms with E-state index in [-0.39, 0.29) is 5.54 Å². The predicted octanol–water partition coefficient (Wildman–Crippen LogP) is 4.31. The minimum atomic E-state index is 0.161. The first-order chi connectivity index (χ1) is 8.77. The molecule has 0 bridgehead atoms. The summed E-state index contributed by atoms with van der Waals surface area (Å²) < 4.78 is 0. The second kappa shape index (κ2) is 4.66. The summed E-state index contributed by atoms with van der Waals surface area (Å²) in [6.07, 6.45) is 2.08. The van der Waals surface area contributed by atoms with E-state index in [1.807, 2.05) is 6.07 Å². The van der Waals surface area contributed by atoms with Crippen molar-refractivity contribution in [1.29, 1.82) is 0 Å². The monoisotopic (exact) mass is 259 g/mol. The Labute approximate surface area is 116 Å². The average Bonchev–Trinajstić information content (AvgIpc) is 2.28. The maximum Gasteiger partial charge on any atom is 0.150 e. The summed E-state index contributed by atoms with van der Waals surface area (Å²) in [4.78, 5) is 13.6. The fourth-order valence-electron chi connectivity index (χ4n) is 3.83. The van der Waals surface area contributed by atoms with Crippen molar-refractivity contribution in [2.24, 2.45) is 0 Å². The summed E-state index contributed by atoms with van der Waals surface area (Å²) in [7, 11) is 0. The molecular formula is C17H25NO. The van der Waals surface area contributed by atoms with Crippen molar-refractivity contribution in [2.75, 3.05) is 4.90 Å². The summed E-state index contributed by atoms with van der Waals surface area (Å²) in [5.74, 6) is 0.499. The third-order valence-corrected chi connectivity index (χ3v) is 4.23. The van der Waals surface area contributed by atoms with Crippen LogP contribution in [0, 0.1) is 6.92 Å². The fraction of sp³-hybridized carbons (Fsp3) is 0.588. The lowest BCUT2D eigenvalue weighted by atomic mass is 9.78. The number of hydrogen-bond acceptors (Lipinski definition) is 2. The Balaban J connectivity index is 2.69. The van der Waals surface area contributed by atoms with Crippen LogP contribution in [0.1, 0.15) is 68.4 Å². The highest BCUT2D eigenvalue weighted by Crippen LogP contribution is 2.46. The quantitative estimate of drug-likeness (QED) is 0.738. The van der Waals surface area contributed by atoms with E-state index in [2.05, 4.69) is 52.5 Å². The minimum absolute atomic E-state index is 0.161. The zero-order valence-corrected chi connectivity index (χ0v) is 12.9. The number of nitrogens with zero attached hydrogens (tertiary/aromatic N) is 1. The molecule has 0 unspecified atom stereocenters. The molecule has 1 heterocycles. The summed E-state index contributed by atoms with van der Waals surface area (Å²) in [6.45, 7) is 13.5. The Kier molecular flexibility index (Phi) is 3.46. The molecule has 0 saturated heterocycles. The van der Waals surface area contributed by atoms with Gasteiger partial charge in [-0.3, -0.25) is 4.79 Å². The Morgan fingerprint density at radius 3 is 2.53 bits per heavy atom. The molecule has 0 aliphatic carbocycles. The first-order valence-electron chi connectivity index (χ1n) is 7.17. The van der Waals surface area contributed by atoms with Crippen LogP contribution in [0.5, 0.6) is 0 Å². The molecule has 1 aliphatic heterocycles. The van der Waals surface area contributed by atoms with Crippen molar-refractivity contribution in [3.63, 3.8) is 0 Å². The van der Waals surface area contributed by atoms with Gasteiger partial charge in [-0.2, -0.15) is 0 Å². The van der Waals surface area contributed by atoms with Gasteiger partial charge in [-0.25, -0.2) is 0 Å². The standard InChI is InChI=1S/C17H25NO/c1-11(2)18-16-12(3)7-14(10-19)8-15(16)13(4)9-17(18,5)6/h7-8,10-11,13H,9H2,1-6H3/t13-/m0/s1. The highest BCUT2D eigenvalue weighted by atomic mass is 16.1. The summed E-state index contributed by atoms with van der Waals surface area (Å²) in [5.41, 5.74) is 4.84. The van der Waals surface area contributed by atoms with Crippen LogP contribution in [0.15, 0.2) is 12.1 Å². The maximum atomic E-state index is 11.1. The Morgan fingerprint density at radius 2 is 2.00 bits per heavy atom. The van der Waals surface area contributed by atoms with Gasteiger partial charge >= 0.3 is 0 Å². The topological polar surface area (TPSA) is 20.3 Å². The minimum Gasteiger partial charge on any atom is -0.364 e. The first kappa shape index (κ1) is 14.1. The van der Waals surface area contributed by atoms with E-state index in [4.69, 9.17) is 0 Å². The number of benzene rings is 1. The third kappa shape index (κ3) is 2.29. The molecule has 2 nitrogen and oxygen atoms in total. The zero-order valence-electron chi connectivity index (χ0n) is 12.9. The highest BCUT2D eigenvalue weighted by Gasteiger charge is 2.38. The van der Waals surface area contributed by atoms with E-state index in [1.165, 1.54) is 16.8 Å². The van der Waals surface area contributed by atoms with Crippen LogP contribution in [-0.4, -0.2) is 17.9 Å². The van der Waals surface area contributed by atoms with Gasteiger partial charge in [0.2, 0.25) is 0 Å². The fourth-order valence-corrected chi connectivity index (χ4v) is 3.83. The molecular weight excluding hydrogens is 234 g/mol. The van der Waals surface area contributed by atoms with Crippen LogP contribution in [0.3, 0.4) is 0 Å². The lowest BCUT2D eigenvalue weighted by molar-refractivity contribution is 0.112. The molecule has 0 N–H and O–H groups in total. The van der Waals surface area contributed by atoms with E-state index in [0.29, 0.717) is 12.0 Å². The van der Waals surface area contributed by atoms with Gasteiger partial charge in [0.25, 0.3) is 0 Å². The lowest BCUT2D eigenvalue weighted by Gasteiger charge is -2.50. The van der Waals surface area contributed by atoms with Crippen molar-refractivity contribution in [3.05, 3.63) is 28.8 Å². The molecule has 2 rings (SSSR count). The van der Waals surface area contributed by atoms with Crippen LogP contribution in [0.4, 0.5) is 5.69 Å². The second-order valence-corrected chi connectivity index (χ2v) is 6.77. The van der Waals surface area contributed by atoms with Crippen LogP contribution < -0.4 is 4.90 Å². The summed E-state index contributed by atoms with van der Waals surface area (Å²) in [6, 6.07) is 4.54. The molecule has 0 spiro atoms. The number of aryl methyl sites for hydroxylation is 1. The number of anilines is 1. The van der Waals surface area contributed by atoms with E-state index in [0.717, 1.165) is 18.3 Å². The summed E-state index contributed by atoms with van der Waals surface area (Å²) >= 11 is 0. The summed E-state index contributed by atoms with van der Waals surface area (Å²) in [5, 5.41) is 0. The molecule has 1 aromatic carbocycles. The van der Waals surface area contributed by atoms with E-state index in [9.17, 15) is 4.79 Å². The van der Waals surface area contributed by atoms with Gasteiger partial charge in [-0.05, 0) is 70.2 Å². The molecule has 0 amide bonds. The Bertz CT molecular complexity index is 502. The molecule has 19 heavy (non-hydrogen) atoms. The van der Waals surface area contributed by atoms with E-state index >= 15 is 0 Å². The van der Waals surface area contributed by atoms with Crippen LogP contribution in [0.25, 0.3) is 0 Å². The highest BCUT2D eigenvalue weighted by molar-refractivity contribution is 5.79. The second-order valence-electron chi connectivity index (χ2n) is 6.77. The molecule has 0 saturated carbocycles. The van der Waals surface area contributed by atoms with Gasteiger partial charge in [-0.15, -0.1) is 0 Å². The Morgan fingerprint density at radius 1 is 1.37 bits per heavy atom. The number of carbonyl (C=O) groups is 1. The number of carbonyl (C=O) groups excluding carboxylic acids is 1. The van der Waals surface area contributed by atoms with Gasteiger partial charge in [0.1, 0.15) is 6.29 Å². The number of rotatable bonds is 2. The van der Waals surface area contributed by atoms with Gasteiger partial charge in [0.15, 0.2) is 0 Å². The molecule has 0 radical (unpaired) electrons. The van der Waals surface area contributed by atoms with Crippen molar-refractivity contribution in [2.45, 2.75) is 65.5 Å². The van der Waals surface area contributed by atoms with Crippen molar-refractivity contribution >= 4 is 12.0 Å². The number of fused-ring (bicyclic) bond motifs is 1. The van der Waals surface area contributed by atoms with Crippen LogP contribution in [0.2, 0.25) is 0 Å². The van der Waals surface area contributed by atoms with Crippen molar-refractivity contribution in [1.82, 2.24) is 0 Å². The predicted molar refractivity (Wildman–Crippen MR) is 81.3 cm³/mol. The molecule has 104 valence electrons. The maximum absolute atomic E-state index is 11.1. The molecule has 1 atom stereocenters. The van der Waals surface area contributed by atoms with Gasteiger partial charge < -0.3 is 4.90 Å². The zero-order chi connectivity index (χ0) is 14.4. The van der Waals surface area contributed by atoms with E-state index in [1.54, 1.807) is 0 Å². The van der Waals surface area contributed by atoms with Gasteiger partial charge in [0.05, 0.1) is 0 Å². The first-order valence-corrected chi connectivity index (χ1v) is 7.17. The molecule has 1 aromatic rings. The number of aldehydes is 1. The average molecular weight is 259 g/mol. The van der Waals surface area contributed by atoms with Crippen LogP contribution >= 0.6 is 0 Å². The number of hydrogen-bond donors (Lipinski definition) is 0. The van der Waals surface area contributed by atoms with E-state index < -0.39 is 0 Å². The third-order valence-electron chi connectivity index (χ3n) is 4.23. The van der Waals surface area contributed by atoms with Crippen molar-refractivity contribution < 1.29 is 4.79 Å². The molecule has 2 heteroatoms. The Hall–Kier alpha value is -1.31. The molecule has 1 aliphatic rings.